The quantitative estimate of drug-likeness (QED) is 0.141. The maximum absolute atomic E-state index is 3.61. The van der Waals surface area contributed by atoms with Gasteiger partial charge in [0, 0.05) is 77.9 Å². The Hall–Kier alpha value is -10.3. The monoisotopic (exact) mass is 1010 g/mol. The van der Waals surface area contributed by atoms with Gasteiger partial charge in [0.2, 0.25) is 0 Å². The van der Waals surface area contributed by atoms with Gasteiger partial charge in [-0.1, -0.05) is 171 Å². The fraction of sp³-hybridized carbons (Fsp3) is 0.0400. The fourth-order valence-electron chi connectivity index (χ4n) is 12.5. The second-order valence-corrected chi connectivity index (χ2v) is 21.2. The molecule has 0 amide bonds. The zero-order chi connectivity index (χ0) is 52.6. The molecule has 0 spiro atoms. The Morgan fingerprint density at radius 1 is 0.316 bits per heavy atom. The van der Waals surface area contributed by atoms with E-state index < -0.39 is 0 Å². The van der Waals surface area contributed by atoms with E-state index >= 15 is 0 Å². The summed E-state index contributed by atoms with van der Waals surface area (Å²) in [5, 5.41) is 7.26. The highest BCUT2D eigenvalue weighted by atomic mass is 15.2. The third-order valence-electron chi connectivity index (χ3n) is 16.3. The Bertz CT molecular complexity index is 4750. The SMILES string of the molecule is CC1(C)c2cc(N(c3ccccc3)c3ccc4c5cc(N(c6ccccc6)c6ccc7c8ccccc8n(-c8ccccc8)c7c6)ccc5n(-c5ccccc5C#Cc5ccccc5)c4c3)ccc2-c2cc3ccccc3cc21. The molecule has 12 aromatic carbocycles. The molecule has 1 aliphatic carbocycles. The third-order valence-corrected chi connectivity index (χ3v) is 16.3. The van der Waals surface area contributed by atoms with Gasteiger partial charge in [-0.05, 0) is 166 Å². The summed E-state index contributed by atoms with van der Waals surface area (Å²) >= 11 is 0. The molecule has 4 heteroatoms. The van der Waals surface area contributed by atoms with Gasteiger partial charge in [0.05, 0.1) is 27.8 Å². The molecular weight excluding hydrogens is 957 g/mol. The summed E-state index contributed by atoms with van der Waals surface area (Å²) in [4.78, 5) is 4.82. The molecule has 0 atom stereocenters. The average Bonchev–Trinajstić information content (AvgIpc) is 4.09. The minimum absolute atomic E-state index is 0.203. The van der Waals surface area contributed by atoms with Gasteiger partial charge >= 0.3 is 0 Å². The third kappa shape index (κ3) is 7.62. The summed E-state index contributed by atoms with van der Waals surface area (Å²) in [7, 11) is 0. The summed E-state index contributed by atoms with van der Waals surface area (Å²) in [5.74, 6) is 7.10. The smallest absolute Gasteiger partial charge is 0.0618 e. The van der Waals surface area contributed by atoms with Crippen molar-refractivity contribution >= 4 is 88.5 Å². The summed E-state index contributed by atoms with van der Waals surface area (Å²) in [6, 6.07) is 101. The minimum Gasteiger partial charge on any atom is -0.310 e. The molecule has 0 radical (unpaired) electrons. The van der Waals surface area contributed by atoms with Crippen LogP contribution in [-0.4, -0.2) is 9.13 Å². The van der Waals surface area contributed by atoms with Crippen molar-refractivity contribution in [3.05, 3.63) is 301 Å². The lowest BCUT2D eigenvalue weighted by Crippen LogP contribution is -2.16. The number of aromatic nitrogens is 2. The number of para-hydroxylation sites is 5. The van der Waals surface area contributed by atoms with Crippen molar-refractivity contribution in [1.29, 1.82) is 0 Å². The highest BCUT2D eigenvalue weighted by molar-refractivity contribution is 6.13. The zero-order valence-corrected chi connectivity index (χ0v) is 43.8. The Morgan fingerprint density at radius 2 is 0.810 bits per heavy atom. The van der Waals surface area contributed by atoms with Crippen LogP contribution >= 0.6 is 0 Å². The van der Waals surface area contributed by atoms with Crippen molar-refractivity contribution in [1.82, 2.24) is 9.13 Å². The minimum atomic E-state index is -0.203. The molecule has 79 heavy (non-hydrogen) atoms. The van der Waals surface area contributed by atoms with E-state index in [1.54, 1.807) is 0 Å². The van der Waals surface area contributed by atoms with Crippen LogP contribution in [-0.2, 0) is 5.41 Å². The van der Waals surface area contributed by atoms with E-state index in [2.05, 4.69) is 305 Å². The Kier molecular flexibility index (Phi) is 10.7. The molecule has 1 aliphatic rings. The number of benzene rings is 12. The van der Waals surface area contributed by atoms with Crippen LogP contribution in [0.4, 0.5) is 34.1 Å². The Labute approximate surface area is 459 Å². The van der Waals surface area contributed by atoms with E-state index in [1.807, 2.05) is 18.2 Å². The highest BCUT2D eigenvalue weighted by Crippen LogP contribution is 2.52. The number of anilines is 6. The molecule has 4 nitrogen and oxygen atoms in total. The van der Waals surface area contributed by atoms with Crippen molar-refractivity contribution in [2.24, 2.45) is 0 Å². The van der Waals surface area contributed by atoms with Crippen LogP contribution in [0.15, 0.2) is 279 Å². The number of rotatable bonds is 8. The van der Waals surface area contributed by atoms with Crippen molar-refractivity contribution in [3.8, 4) is 34.3 Å². The van der Waals surface area contributed by atoms with Gasteiger partial charge in [0.15, 0.2) is 0 Å². The maximum atomic E-state index is 3.61. The van der Waals surface area contributed by atoms with E-state index in [4.69, 9.17) is 0 Å². The number of hydrogen-bond acceptors (Lipinski definition) is 2. The van der Waals surface area contributed by atoms with Crippen LogP contribution < -0.4 is 9.80 Å². The maximum Gasteiger partial charge on any atom is 0.0618 e. The van der Waals surface area contributed by atoms with Gasteiger partial charge in [0.25, 0.3) is 0 Å². The molecule has 15 rings (SSSR count). The van der Waals surface area contributed by atoms with Crippen LogP contribution in [0, 0.1) is 11.8 Å². The summed E-state index contributed by atoms with van der Waals surface area (Å²) < 4.78 is 4.83. The predicted octanol–water partition coefficient (Wildman–Crippen LogP) is 19.7. The van der Waals surface area contributed by atoms with Gasteiger partial charge in [-0.25, -0.2) is 0 Å². The van der Waals surface area contributed by atoms with Crippen LogP contribution in [0.5, 0.6) is 0 Å². The van der Waals surface area contributed by atoms with Crippen LogP contribution in [0.1, 0.15) is 36.1 Å². The molecule has 0 N–H and O–H groups in total. The van der Waals surface area contributed by atoms with Crippen molar-refractivity contribution in [3.63, 3.8) is 0 Å². The van der Waals surface area contributed by atoms with Crippen molar-refractivity contribution in [2.45, 2.75) is 19.3 Å². The predicted molar refractivity (Wildman–Crippen MR) is 332 cm³/mol. The van der Waals surface area contributed by atoms with E-state index in [0.717, 1.165) is 83.9 Å². The summed E-state index contributed by atoms with van der Waals surface area (Å²) in [6.45, 7) is 4.75. The summed E-state index contributed by atoms with van der Waals surface area (Å²) in [5.41, 5.74) is 20.1. The van der Waals surface area contributed by atoms with Crippen molar-refractivity contribution in [2.75, 3.05) is 9.80 Å². The van der Waals surface area contributed by atoms with Gasteiger partial charge in [-0.2, -0.15) is 0 Å². The molecule has 0 saturated heterocycles. The van der Waals surface area contributed by atoms with Gasteiger partial charge in [0.1, 0.15) is 0 Å². The lowest BCUT2D eigenvalue weighted by molar-refractivity contribution is 0.661. The molecule has 0 saturated carbocycles. The second kappa shape index (κ2) is 18.4. The Balaban J connectivity index is 0.942. The zero-order valence-electron chi connectivity index (χ0n) is 43.8. The summed E-state index contributed by atoms with van der Waals surface area (Å²) in [6.07, 6.45) is 0. The number of fused-ring (bicyclic) bond motifs is 10. The largest absolute Gasteiger partial charge is 0.310 e. The van der Waals surface area contributed by atoms with Gasteiger partial charge < -0.3 is 18.9 Å². The molecule has 372 valence electrons. The lowest BCUT2D eigenvalue weighted by atomic mass is 9.81. The van der Waals surface area contributed by atoms with Crippen molar-refractivity contribution < 1.29 is 0 Å². The van der Waals surface area contributed by atoms with Crippen LogP contribution in [0.25, 0.3) is 76.9 Å². The first kappa shape index (κ1) is 46.0. The first-order chi connectivity index (χ1) is 38.9. The average molecular weight is 1010 g/mol. The van der Waals surface area contributed by atoms with E-state index in [9.17, 15) is 0 Å². The number of hydrogen-bond donors (Lipinski definition) is 0. The molecule has 0 fully saturated rings. The molecule has 0 unspecified atom stereocenters. The molecule has 0 aliphatic heterocycles. The second-order valence-electron chi connectivity index (χ2n) is 21.2. The standard InChI is InChI=1S/C75H52N4/c1-75(2)68-46-54-25-16-15-24-53(54)45-66(68)62-41-37-59(48-69(62)75)77(56-28-11-5-12-29-56)61-39-43-65-67-47-58(40-44-72(67)79(74(65)50-61)70-33-19-17-23-52(70)36-35-51-21-7-3-8-22-51)76(55-26-9-4-10-27-55)60-38-42-64-63-32-18-20-34-71(63)78(73(64)49-60)57-30-13-6-14-31-57/h3-34,37-50H,1-2H3. The Morgan fingerprint density at radius 3 is 1.52 bits per heavy atom. The molecule has 2 aromatic heterocycles. The van der Waals surface area contributed by atoms with E-state index in [0.29, 0.717) is 0 Å². The first-order valence-electron chi connectivity index (χ1n) is 27.2. The molecule has 0 bridgehead atoms. The molecule has 2 heterocycles. The fourth-order valence-corrected chi connectivity index (χ4v) is 12.5. The topological polar surface area (TPSA) is 16.3 Å². The first-order valence-corrected chi connectivity index (χ1v) is 27.2. The molecular formula is C75H52N4. The number of nitrogens with zero attached hydrogens (tertiary/aromatic N) is 4. The highest BCUT2D eigenvalue weighted by Gasteiger charge is 2.36. The van der Waals surface area contributed by atoms with Crippen LogP contribution in [0.2, 0.25) is 0 Å². The lowest BCUT2D eigenvalue weighted by Gasteiger charge is -2.28. The normalized spacial score (nSPS) is 12.4. The van der Waals surface area contributed by atoms with Gasteiger partial charge in [-0.3, -0.25) is 0 Å². The van der Waals surface area contributed by atoms with Gasteiger partial charge in [-0.15, -0.1) is 0 Å². The van der Waals surface area contributed by atoms with Crippen LogP contribution in [0.3, 0.4) is 0 Å². The van der Waals surface area contributed by atoms with E-state index in [-0.39, 0.29) is 5.41 Å². The van der Waals surface area contributed by atoms with E-state index in [1.165, 1.54) is 49.3 Å². The molecule has 14 aromatic rings.